The lowest BCUT2D eigenvalue weighted by molar-refractivity contribution is -0.154. The first-order valence-electron chi connectivity index (χ1n) is 12.3. The monoisotopic (exact) mass is 471 g/mol. The zero-order chi connectivity index (χ0) is 25.5. The number of rotatable bonds is 2. The number of nitrogens with zero attached hydrogens (tertiary/aromatic N) is 1. The Bertz CT molecular complexity index is 889. The van der Waals surface area contributed by atoms with Crippen LogP contribution in [0.5, 0.6) is 0 Å². The molecule has 188 valence electrons. The molecule has 0 bridgehead atoms. The third-order valence-electron chi connectivity index (χ3n) is 7.09. The summed E-state index contributed by atoms with van der Waals surface area (Å²) in [6, 6.07) is 5.63. The van der Waals surface area contributed by atoms with Crippen molar-refractivity contribution in [3.05, 3.63) is 47.3 Å². The number of carbonyl (C=O) groups is 2. The number of aliphatic hydroxyl groups is 2. The first kappa shape index (κ1) is 27.9. The highest BCUT2D eigenvalue weighted by atomic mass is 16.5. The Kier molecular flexibility index (Phi) is 10.2. The molecule has 0 aromatic carbocycles. The number of hydrogen-bond acceptors (Lipinski definition) is 6. The van der Waals surface area contributed by atoms with Crippen LogP contribution in [-0.2, 0) is 14.3 Å². The number of pyridine rings is 1. The molecule has 5 atom stereocenters. The first-order valence-corrected chi connectivity index (χ1v) is 12.3. The highest BCUT2D eigenvalue weighted by Crippen LogP contribution is 2.32. The van der Waals surface area contributed by atoms with E-state index < -0.39 is 35.6 Å². The van der Waals surface area contributed by atoms with E-state index in [4.69, 9.17) is 4.74 Å². The number of cyclic esters (lactones) is 1. The van der Waals surface area contributed by atoms with Crippen LogP contribution in [0.3, 0.4) is 0 Å². The summed E-state index contributed by atoms with van der Waals surface area (Å²) < 4.78 is 5.80. The first-order chi connectivity index (χ1) is 15.9. The van der Waals surface area contributed by atoms with Gasteiger partial charge in [-0.1, -0.05) is 45.4 Å². The van der Waals surface area contributed by atoms with Gasteiger partial charge in [-0.15, -0.1) is 0 Å². The lowest BCUT2D eigenvalue weighted by atomic mass is 9.73. The maximum Gasteiger partial charge on any atom is 0.309 e. The van der Waals surface area contributed by atoms with Gasteiger partial charge >= 0.3 is 5.97 Å². The summed E-state index contributed by atoms with van der Waals surface area (Å²) in [5, 5.41) is 21.6. The highest BCUT2D eigenvalue weighted by molar-refractivity contribution is 5.88. The van der Waals surface area contributed by atoms with Gasteiger partial charge in [-0.25, -0.2) is 0 Å². The molecule has 6 nitrogen and oxygen atoms in total. The largest absolute Gasteiger partial charge is 0.457 e. The fourth-order valence-corrected chi connectivity index (χ4v) is 4.42. The standard InChI is InChI=1S/C28H41NO5/c1-18-10-9-11-19(2)26(32)21(4)27(33)28(5,6)24(30)17-25(31)34-23(14-13-18)20(3)16-22-12-7-8-15-29-22/h7-8,12-13,15-16,19,21,23-24,26,30,32H,9-11,14,17H2,1-6H3/t19-,21+,23-,24-,26-/m0/s1. The normalized spacial score (nSPS) is 30.4. The Morgan fingerprint density at radius 3 is 2.56 bits per heavy atom. The predicted molar refractivity (Wildman–Crippen MR) is 134 cm³/mol. The Labute approximate surface area is 204 Å². The molecular formula is C28H41NO5. The lowest BCUT2D eigenvalue weighted by Crippen LogP contribution is -2.45. The van der Waals surface area contributed by atoms with Gasteiger partial charge in [-0.2, -0.15) is 0 Å². The molecule has 6 heteroatoms. The number of Topliss-reactive ketones (excluding diaryl/α,β-unsaturated/α-hetero) is 1. The van der Waals surface area contributed by atoms with Gasteiger partial charge in [0.1, 0.15) is 11.9 Å². The maximum atomic E-state index is 13.2. The van der Waals surface area contributed by atoms with Crippen LogP contribution in [-0.4, -0.2) is 45.3 Å². The SMILES string of the molecule is CC1=CC[C@@H](C(C)=Cc2ccccn2)OC(=O)C[C@H](O)C(C)(C)C(=O)[C@H](C)[C@@H](O)[C@@H](C)CCC1. The Hall–Kier alpha value is -2.31. The fraction of sp³-hybridized carbons (Fsp3) is 0.607. The predicted octanol–water partition coefficient (Wildman–Crippen LogP) is 4.90. The van der Waals surface area contributed by atoms with Crippen LogP contribution in [0.2, 0.25) is 0 Å². The molecule has 1 aromatic heterocycles. The van der Waals surface area contributed by atoms with Gasteiger partial charge in [-0.05, 0) is 62.8 Å². The molecule has 1 aliphatic rings. The summed E-state index contributed by atoms with van der Waals surface area (Å²) in [6.07, 6.45) is 5.95. The summed E-state index contributed by atoms with van der Waals surface area (Å²) >= 11 is 0. The van der Waals surface area contributed by atoms with Crippen LogP contribution in [0.15, 0.2) is 41.6 Å². The maximum absolute atomic E-state index is 13.2. The lowest BCUT2D eigenvalue weighted by Gasteiger charge is -2.34. The zero-order valence-corrected chi connectivity index (χ0v) is 21.5. The second-order valence-corrected chi connectivity index (χ2v) is 10.4. The van der Waals surface area contributed by atoms with Crippen molar-refractivity contribution in [3.63, 3.8) is 0 Å². The number of aromatic nitrogens is 1. The molecule has 0 aliphatic carbocycles. The van der Waals surface area contributed by atoms with Crippen LogP contribution < -0.4 is 0 Å². The van der Waals surface area contributed by atoms with Crippen LogP contribution in [0.1, 0.15) is 79.3 Å². The third-order valence-corrected chi connectivity index (χ3v) is 7.09. The van der Waals surface area contributed by atoms with Crippen molar-refractivity contribution in [2.24, 2.45) is 17.3 Å². The van der Waals surface area contributed by atoms with Crippen LogP contribution in [0.25, 0.3) is 6.08 Å². The quantitative estimate of drug-likeness (QED) is 0.471. The van der Waals surface area contributed by atoms with E-state index >= 15 is 0 Å². The fourth-order valence-electron chi connectivity index (χ4n) is 4.42. The minimum atomic E-state index is -1.22. The molecule has 1 aliphatic heterocycles. The molecule has 0 unspecified atom stereocenters. The number of ketones is 1. The molecule has 1 aromatic rings. The molecule has 34 heavy (non-hydrogen) atoms. The number of aliphatic hydroxyl groups excluding tert-OH is 2. The molecule has 0 spiro atoms. The number of carbonyl (C=O) groups excluding carboxylic acids is 2. The molecule has 0 saturated heterocycles. The zero-order valence-electron chi connectivity index (χ0n) is 21.5. The van der Waals surface area contributed by atoms with E-state index in [1.54, 1.807) is 27.0 Å². The number of esters is 1. The van der Waals surface area contributed by atoms with Crippen molar-refractivity contribution >= 4 is 17.8 Å². The second-order valence-electron chi connectivity index (χ2n) is 10.4. The summed E-state index contributed by atoms with van der Waals surface area (Å²) in [7, 11) is 0. The van der Waals surface area contributed by atoms with E-state index in [-0.39, 0.29) is 18.1 Å². The second kappa shape index (κ2) is 12.4. The van der Waals surface area contributed by atoms with Crippen molar-refractivity contribution in [2.75, 3.05) is 0 Å². The third kappa shape index (κ3) is 7.60. The van der Waals surface area contributed by atoms with E-state index in [9.17, 15) is 19.8 Å². The van der Waals surface area contributed by atoms with Crippen LogP contribution >= 0.6 is 0 Å². The number of ether oxygens (including phenoxy) is 1. The van der Waals surface area contributed by atoms with Gasteiger partial charge in [0.2, 0.25) is 0 Å². The minimum Gasteiger partial charge on any atom is -0.457 e. The average Bonchev–Trinajstić information content (AvgIpc) is 2.79. The Morgan fingerprint density at radius 2 is 1.91 bits per heavy atom. The van der Waals surface area contributed by atoms with E-state index in [2.05, 4.69) is 18.0 Å². The molecule has 0 radical (unpaired) electrons. The molecule has 2 N–H and O–H groups in total. The van der Waals surface area contributed by atoms with Gasteiger partial charge in [0.15, 0.2) is 0 Å². The topological polar surface area (TPSA) is 96.7 Å². The molecule has 0 amide bonds. The molecule has 0 saturated carbocycles. The summed E-state index contributed by atoms with van der Waals surface area (Å²) in [5.41, 5.74) is 1.62. The minimum absolute atomic E-state index is 0.0473. The summed E-state index contributed by atoms with van der Waals surface area (Å²) in [5.74, 6) is -1.50. The van der Waals surface area contributed by atoms with Crippen molar-refractivity contribution < 1.29 is 24.5 Å². The Balaban J connectivity index is 2.33. The van der Waals surface area contributed by atoms with E-state index in [1.165, 1.54) is 5.57 Å². The smallest absolute Gasteiger partial charge is 0.309 e. The average molecular weight is 472 g/mol. The van der Waals surface area contributed by atoms with E-state index in [0.717, 1.165) is 30.5 Å². The van der Waals surface area contributed by atoms with Crippen LogP contribution in [0, 0.1) is 17.3 Å². The van der Waals surface area contributed by atoms with Crippen LogP contribution in [0.4, 0.5) is 0 Å². The van der Waals surface area contributed by atoms with Crippen molar-refractivity contribution in [2.45, 2.75) is 92.0 Å². The van der Waals surface area contributed by atoms with Gasteiger partial charge < -0.3 is 14.9 Å². The number of allylic oxidation sites excluding steroid dienone is 1. The van der Waals surface area contributed by atoms with Gasteiger partial charge in [0.25, 0.3) is 0 Å². The molecule has 0 fully saturated rings. The van der Waals surface area contributed by atoms with E-state index in [0.29, 0.717) is 6.42 Å². The van der Waals surface area contributed by atoms with Gasteiger partial charge in [-0.3, -0.25) is 14.6 Å². The summed E-state index contributed by atoms with van der Waals surface area (Å²) in [4.78, 5) is 30.3. The van der Waals surface area contributed by atoms with Crippen molar-refractivity contribution in [3.8, 4) is 0 Å². The van der Waals surface area contributed by atoms with Gasteiger partial charge in [0.05, 0.1) is 29.7 Å². The Morgan fingerprint density at radius 1 is 1.21 bits per heavy atom. The molecule has 2 rings (SSSR count). The van der Waals surface area contributed by atoms with E-state index in [1.807, 2.05) is 38.1 Å². The number of hydrogen-bond donors (Lipinski definition) is 2. The van der Waals surface area contributed by atoms with Gasteiger partial charge in [0, 0.05) is 18.5 Å². The molecule has 2 heterocycles. The molecular weight excluding hydrogens is 430 g/mol. The summed E-state index contributed by atoms with van der Waals surface area (Å²) in [6.45, 7) is 10.9. The highest BCUT2D eigenvalue weighted by Gasteiger charge is 2.42. The van der Waals surface area contributed by atoms with Crippen molar-refractivity contribution in [1.29, 1.82) is 0 Å². The van der Waals surface area contributed by atoms with Crippen molar-refractivity contribution in [1.82, 2.24) is 4.98 Å².